The number of aromatic hydroxyl groups is 1. The minimum atomic E-state index is -2.47. The first kappa shape index (κ1) is 21.2. The standard InChI is InChI=1S/C16H14F2O10/c1-4-5-2-6(17)9(20)8(18)14(5)28-16(26)13(4)27-7(3-19)10(21)11(22)12(23)15(24)25/h2-3,7,10-12,20-23H,1H3,(H,24,25)/t7-,10+,11-,12-/m0/s1. The van der Waals surface area contributed by atoms with Crippen molar-refractivity contribution < 1.29 is 53.1 Å². The van der Waals surface area contributed by atoms with Crippen molar-refractivity contribution in [1.29, 1.82) is 0 Å². The summed E-state index contributed by atoms with van der Waals surface area (Å²) in [7, 11) is 0. The molecule has 28 heavy (non-hydrogen) atoms. The molecule has 5 N–H and O–H groups in total. The number of hydrogen-bond donors (Lipinski definition) is 5. The van der Waals surface area contributed by atoms with Crippen molar-refractivity contribution in [2.24, 2.45) is 0 Å². The smallest absolute Gasteiger partial charge is 0.379 e. The van der Waals surface area contributed by atoms with E-state index < -0.39 is 64.7 Å². The summed E-state index contributed by atoms with van der Waals surface area (Å²) in [5, 5.41) is 46.2. The Hall–Kier alpha value is -3.09. The number of aliphatic hydroxyl groups is 3. The lowest BCUT2D eigenvalue weighted by atomic mass is 10.0. The number of fused-ring (bicyclic) bond motifs is 1. The van der Waals surface area contributed by atoms with E-state index in [0.29, 0.717) is 6.07 Å². The number of carboxylic acid groups (broad SMARTS) is 1. The lowest BCUT2D eigenvalue weighted by Gasteiger charge is -2.25. The van der Waals surface area contributed by atoms with Crippen LogP contribution in [0.2, 0.25) is 0 Å². The van der Waals surface area contributed by atoms with Gasteiger partial charge in [0.1, 0.15) is 12.2 Å². The number of rotatable bonds is 7. The van der Waals surface area contributed by atoms with Gasteiger partial charge >= 0.3 is 11.6 Å². The van der Waals surface area contributed by atoms with Gasteiger partial charge in [-0.3, -0.25) is 4.79 Å². The average Bonchev–Trinajstić information content (AvgIpc) is 2.65. The molecular formula is C16H14F2O10. The molecule has 0 saturated heterocycles. The van der Waals surface area contributed by atoms with E-state index in [2.05, 4.69) is 4.42 Å². The molecule has 0 saturated carbocycles. The number of carboxylic acids is 1. The zero-order valence-corrected chi connectivity index (χ0v) is 14.0. The molecule has 1 heterocycles. The summed E-state index contributed by atoms with van der Waals surface area (Å²) >= 11 is 0. The molecule has 0 fully saturated rings. The van der Waals surface area contributed by atoms with Crippen LogP contribution in [0.25, 0.3) is 11.0 Å². The molecule has 0 aliphatic carbocycles. The lowest BCUT2D eigenvalue weighted by Crippen LogP contribution is -2.50. The van der Waals surface area contributed by atoms with Gasteiger partial charge in [-0.15, -0.1) is 0 Å². The number of phenolic OH excluding ortho intramolecular Hbond substituents is 1. The van der Waals surface area contributed by atoms with Crippen LogP contribution in [-0.4, -0.2) is 62.2 Å². The summed E-state index contributed by atoms with van der Waals surface area (Å²) in [5.41, 5.74) is -2.41. The Labute approximate surface area is 153 Å². The first-order valence-corrected chi connectivity index (χ1v) is 7.54. The maximum Gasteiger partial charge on any atom is 0.379 e. The van der Waals surface area contributed by atoms with E-state index in [1.54, 1.807) is 0 Å². The van der Waals surface area contributed by atoms with Gasteiger partial charge in [-0.05, 0) is 13.0 Å². The first-order valence-electron chi connectivity index (χ1n) is 7.54. The quantitative estimate of drug-likeness (QED) is 0.290. The molecule has 4 atom stereocenters. The van der Waals surface area contributed by atoms with Crippen molar-refractivity contribution >= 4 is 23.2 Å². The molecule has 0 radical (unpaired) electrons. The van der Waals surface area contributed by atoms with E-state index in [1.165, 1.54) is 0 Å². The van der Waals surface area contributed by atoms with Gasteiger partial charge < -0.3 is 34.7 Å². The SMILES string of the molecule is Cc1c(O[C@@H](C=O)[C@@H](O)[C@H](O)[C@H](O)C(=O)O)c(=O)oc2c(F)c(O)c(F)cc12. The summed E-state index contributed by atoms with van der Waals surface area (Å²) in [5.74, 6) is -6.97. The predicted octanol–water partition coefficient (Wildman–Crippen LogP) is -0.801. The van der Waals surface area contributed by atoms with Crippen molar-refractivity contribution in [2.75, 3.05) is 0 Å². The minimum absolute atomic E-state index is 0.0937. The predicted molar refractivity (Wildman–Crippen MR) is 84.9 cm³/mol. The number of aliphatic hydroxyl groups excluding tert-OH is 3. The Bertz CT molecular complexity index is 986. The number of carbonyl (C=O) groups is 2. The highest BCUT2D eigenvalue weighted by molar-refractivity contribution is 5.84. The molecule has 0 spiro atoms. The Kier molecular flexibility index (Phi) is 5.97. The van der Waals surface area contributed by atoms with E-state index in [0.717, 1.165) is 6.92 Å². The van der Waals surface area contributed by atoms with Crippen molar-refractivity contribution in [3.8, 4) is 11.5 Å². The number of aliphatic carboxylic acids is 1. The van der Waals surface area contributed by atoms with Gasteiger partial charge in [0.2, 0.25) is 11.6 Å². The second-order valence-electron chi connectivity index (χ2n) is 5.72. The fraction of sp³-hybridized carbons (Fsp3) is 0.312. The third kappa shape index (κ3) is 3.65. The van der Waals surface area contributed by atoms with Crippen LogP contribution in [0.4, 0.5) is 8.78 Å². The van der Waals surface area contributed by atoms with Crippen LogP contribution in [0.15, 0.2) is 15.3 Å². The van der Waals surface area contributed by atoms with Gasteiger partial charge in [-0.1, -0.05) is 0 Å². The maximum absolute atomic E-state index is 13.9. The molecule has 10 nitrogen and oxygen atoms in total. The third-order valence-electron chi connectivity index (χ3n) is 3.93. The Morgan fingerprint density at radius 2 is 1.86 bits per heavy atom. The molecule has 152 valence electrons. The minimum Gasteiger partial charge on any atom is -0.503 e. The zero-order valence-electron chi connectivity index (χ0n) is 14.0. The lowest BCUT2D eigenvalue weighted by molar-refractivity contribution is -0.162. The summed E-state index contributed by atoms with van der Waals surface area (Å²) in [4.78, 5) is 33.9. The number of phenols is 1. The van der Waals surface area contributed by atoms with Crippen molar-refractivity contribution in [1.82, 2.24) is 0 Å². The maximum atomic E-state index is 13.9. The van der Waals surface area contributed by atoms with Crippen LogP contribution < -0.4 is 10.4 Å². The molecule has 0 aliphatic heterocycles. The van der Waals surface area contributed by atoms with Gasteiger partial charge in [0.05, 0.1) is 0 Å². The van der Waals surface area contributed by atoms with Crippen molar-refractivity contribution in [3.63, 3.8) is 0 Å². The topological polar surface area (TPSA) is 175 Å². The van der Waals surface area contributed by atoms with Crippen LogP contribution >= 0.6 is 0 Å². The van der Waals surface area contributed by atoms with E-state index in [1.807, 2.05) is 0 Å². The van der Waals surface area contributed by atoms with Gasteiger partial charge in [-0.2, -0.15) is 4.39 Å². The largest absolute Gasteiger partial charge is 0.503 e. The first-order chi connectivity index (χ1) is 13.0. The van der Waals surface area contributed by atoms with Gasteiger partial charge in [0, 0.05) is 10.9 Å². The molecule has 0 amide bonds. The van der Waals surface area contributed by atoms with Crippen LogP contribution in [0.5, 0.6) is 11.5 Å². The zero-order chi connectivity index (χ0) is 21.3. The molecule has 0 bridgehead atoms. The van der Waals surface area contributed by atoms with Crippen molar-refractivity contribution in [3.05, 3.63) is 33.7 Å². The van der Waals surface area contributed by atoms with Gasteiger partial charge in [0.15, 0.2) is 35.6 Å². The Morgan fingerprint density at radius 3 is 2.39 bits per heavy atom. The molecule has 0 unspecified atom stereocenters. The molecule has 0 aliphatic rings. The van der Waals surface area contributed by atoms with Crippen LogP contribution in [0, 0.1) is 18.6 Å². The highest BCUT2D eigenvalue weighted by Crippen LogP contribution is 2.32. The molecular weight excluding hydrogens is 390 g/mol. The van der Waals surface area contributed by atoms with Crippen molar-refractivity contribution in [2.45, 2.75) is 31.3 Å². The van der Waals surface area contributed by atoms with Crippen LogP contribution in [0.1, 0.15) is 5.56 Å². The summed E-state index contributed by atoms with van der Waals surface area (Å²) in [6.07, 6.45) is -9.27. The number of halogens is 2. The monoisotopic (exact) mass is 404 g/mol. The fourth-order valence-electron chi connectivity index (χ4n) is 2.36. The molecule has 1 aromatic carbocycles. The highest BCUT2D eigenvalue weighted by atomic mass is 19.1. The molecule has 1 aromatic heterocycles. The Morgan fingerprint density at radius 1 is 1.25 bits per heavy atom. The normalized spacial score (nSPS) is 15.6. The van der Waals surface area contributed by atoms with E-state index in [9.17, 15) is 43.6 Å². The van der Waals surface area contributed by atoms with E-state index in [4.69, 9.17) is 9.84 Å². The van der Waals surface area contributed by atoms with E-state index >= 15 is 0 Å². The summed E-state index contributed by atoms with van der Waals surface area (Å²) in [6.45, 7) is 1.15. The van der Waals surface area contributed by atoms with E-state index in [-0.39, 0.29) is 17.2 Å². The Balaban J connectivity index is 2.50. The molecule has 2 aromatic rings. The number of ether oxygens (including phenoxy) is 1. The molecule has 12 heteroatoms. The second-order valence-corrected chi connectivity index (χ2v) is 5.72. The number of aryl methyl sites for hydroxylation is 1. The number of carbonyl (C=O) groups excluding carboxylic acids is 1. The second kappa shape index (κ2) is 7.88. The number of aldehydes is 1. The molecule has 2 rings (SSSR count). The summed E-state index contributed by atoms with van der Waals surface area (Å²) in [6, 6.07) is 0.633. The van der Waals surface area contributed by atoms with Crippen LogP contribution in [-0.2, 0) is 9.59 Å². The number of hydrogen-bond acceptors (Lipinski definition) is 9. The number of benzene rings is 1. The average molecular weight is 404 g/mol. The highest BCUT2D eigenvalue weighted by Gasteiger charge is 2.37. The fourth-order valence-corrected chi connectivity index (χ4v) is 2.36. The van der Waals surface area contributed by atoms with Gasteiger partial charge in [-0.25, -0.2) is 14.0 Å². The third-order valence-corrected chi connectivity index (χ3v) is 3.93. The summed E-state index contributed by atoms with van der Waals surface area (Å²) < 4.78 is 37.1. The van der Waals surface area contributed by atoms with Gasteiger partial charge in [0.25, 0.3) is 0 Å². The van der Waals surface area contributed by atoms with Crippen LogP contribution in [0.3, 0.4) is 0 Å².